The van der Waals surface area contributed by atoms with Crippen molar-refractivity contribution in [3.63, 3.8) is 0 Å². The van der Waals surface area contributed by atoms with Crippen LogP contribution in [0.2, 0.25) is 0 Å². The molecule has 0 aromatic heterocycles. The van der Waals surface area contributed by atoms with E-state index in [0.29, 0.717) is 19.3 Å². The van der Waals surface area contributed by atoms with Gasteiger partial charge in [-0.3, -0.25) is 19.3 Å². The molecule has 0 bridgehead atoms. The van der Waals surface area contributed by atoms with E-state index >= 15 is 0 Å². The minimum absolute atomic E-state index is 0.0892. The highest BCUT2D eigenvalue weighted by Gasteiger charge is 2.50. The Morgan fingerprint density at radius 3 is 2.38 bits per heavy atom. The third-order valence-electron chi connectivity index (χ3n) is 5.49. The summed E-state index contributed by atoms with van der Waals surface area (Å²) in [5, 5.41) is 9.32. The molecule has 1 aliphatic heterocycles. The second-order valence-electron chi connectivity index (χ2n) is 6.46. The normalized spacial score (nSPS) is 29.0. The van der Waals surface area contributed by atoms with Gasteiger partial charge >= 0.3 is 5.97 Å². The van der Waals surface area contributed by atoms with Crippen LogP contribution in [0.4, 0.5) is 0 Å². The molecular formula is C16H25NO4. The van der Waals surface area contributed by atoms with Crippen LogP contribution in [0, 0.1) is 17.3 Å². The first kappa shape index (κ1) is 16.0. The maximum Gasteiger partial charge on any atom is 0.306 e. The standard InChI is InChI=1S/C16H25NO4/c1-3-16(4-2)9-13(18)17(15(16)21)10-11-7-5-6-8-12(11)14(19)20/h11-12H,3-10H2,1-2H3,(H,19,20). The Balaban J connectivity index is 2.13. The number of nitrogens with zero attached hydrogens (tertiary/aromatic N) is 1. The molecule has 2 unspecified atom stereocenters. The molecule has 5 heteroatoms. The van der Waals surface area contributed by atoms with Crippen molar-refractivity contribution in [1.29, 1.82) is 0 Å². The number of carbonyl (C=O) groups is 3. The van der Waals surface area contributed by atoms with Crippen molar-refractivity contribution in [2.75, 3.05) is 6.54 Å². The number of hydrogen-bond donors (Lipinski definition) is 1. The summed E-state index contributed by atoms with van der Waals surface area (Å²) in [6, 6.07) is 0. The zero-order valence-electron chi connectivity index (χ0n) is 12.9. The van der Waals surface area contributed by atoms with Crippen molar-refractivity contribution in [3.8, 4) is 0 Å². The Morgan fingerprint density at radius 2 is 1.86 bits per heavy atom. The fourth-order valence-electron chi connectivity index (χ4n) is 3.83. The van der Waals surface area contributed by atoms with Crippen LogP contribution >= 0.6 is 0 Å². The number of imide groups is 1. The molecule has 1 N–H and O–H groups in total. The van der Waals surface area contributed by atoms with Gasteiger partial charge in [-0.05, 0) is 31.6 Å². The van der Waals surface area contributed by atoms with Gasteiger partial charge in [-0.25, -0.2) is 0 Å². The third-order valence-corrected chi connectivity index (χ3v) is 5.49. The van der Waals surface area contributed by atoms with Crippen molar-refractivity contribution in [3.05, 3.63) is 0 Å². The molecule has 2 atom stereocenters. The Bertz CT molecular complexity index is 442. The fraction of sp³-hybridized carbons (Fsp3) is 0.812. The summed E-state index contributed by atoms with van der Waals surface area (Å²) in [5.74, 6) is -1.52. The van der Waals surface area contributed by atoms with Crippen molar-refractivity contribution < 1.29 is 19.5 Å². The van der Waals surface area contributed by atoms with Gasteiger partial charge in [0.25, 0.3) is 0 Å². The smallest absolute Gasteiger partial charge is 0.306 e. The van der Waals surface area contributed by atoms with Gasteiger partial charge in [-0.1, -0.05) is 26.7 Å². The molecule has 2 rings (SSSR count). The molecule has 2 fully saturated rings. The van der Waals surface area contributed by atoms with E-state index in [1.807, 2.05) is 13.8 Å². The Labute approximate surface area is 125 Å². The molecule has 2 amide bonds. The zero-order chi connectivity index (χ0) is 15.6. The Kier molecular flexibility index (Phi) is 4.69. The first-order valence-corrected chi connectivity index (χ1v) is 8.02. The lowest BCUT2D eigenvalue weighted by molar-refractivity contribution is -0.149. The summed E-state index contributed by atoms with van der Waals surface area (Å²) in [7, 11) is 0. The van der Waals surface area contributed by atoms with E-state index in [4.69, 9.17) is 0 Å². The molecule has 1 aliphatic carbocycles. The van der Waals surface area contributed by atoms with E-state index in [-0.39, 0.29) is 30.7 Å². The van der Waals surface area contributed by atoms with Crippen molar-refractivity contribution in [1.82, 2.24) is 4.90 Å². The lowest BCUT2D eigenvalue weighted by Gasteiger charge is -2.32. The summed E-state index contributed by atoms with van der Waals surface area (Å²) in [4.78, 5) is 37.5. The predicted octanol–water partition coefficient (Wildman–Crippen LogP) is 2.44. The van der Waals surface area contributed by atoms with Crippen LogP contribution in [-0.2, 0) is 14.4 Å². The van der Waals surface area contributed by atoms with Crippen molar-refractivity contribution >= 4 is 17.8 Å². The number of rotatable bonds is 5. The minimum Gasteiger partial charge on any atom is -0.481 e. The van der Waals surface area contributed by atoms with E-state index < -0.39 is 17.3 Å². The molecule has 0 aromatic rings. The van der Waals surface area contributed by atoms with Crippen LogP contribution in [0.15, 0.2) is 0 Å². The molecule has 2 aliphatic rings. The number of carbonyl (C=O) groups excluding carboxylic acids is 2. The van der Waals surface area contributed by atoms with Crippen molar-refractivity contribution in [2.24, 2.45) is 17.3 Å². The zero-order valence-corrected chi connectivity index (χ0v) is 12.9. The lowest BCUT2D eigenvalue weighted by Crippen LogP contribution is -2.42. The Hall–Kier alpha value is -1.39. The first-order valence-electron chi connectivity index (χ1n) is 8.02. The Morgan fingerprint density at radius 1 is 1.24 bits per heavy atom. The van der Waals surface area contributed by atoms with Crippen LogP contribution in [0.25, 0.3) is 0 Å². The topological polar surface area (TPSA) is 74.7 Å². The maximum atomic E-state index is 12.6. The number of amides is 2. The second-order valence-corrected chi connectivity index (χ2v) is 6.46. The average molecular weight is 295 g/mol. The van der Waals surface area contributed by atoms with Gasteiger partial charge < -0.3 is 5.11 Å². The highest BCUT2D eigenvalue weighted by Crippen LogP contribution is 2.41. The van der Waals surface area contributed by atoms with Crippen LogP contribution in [0.3, 0.4) is 0 Å². The van der Waals surface area contributed by atoms with E-state index in [1.54, 1.807) is 0 Å². The summed E-state index contributed by atoms with van der Waals surface area (Å²) < 4.78 is 0. The second kappa shape index (κ2) is 6.16. The highest BCUT2D eigenvalue weighted by atomic mass is 16.4. The third kappa shape index (κ3) is 2.83. The number of carboxylic acid groups (broad SMARTS) is 1. The fourth-order valence-corrected chi connectivity index (χ4v) is 3.83. The molecule has 0 aromatic carbocycles. The summed E-state index contributed by atoms with van der Waals surface area (Å²) in [6.07, 6.45) is 4.96. The molecule has 1 saturated heterocycles. The first-order chi connectivity index (χ1) is 9.95. The molecule has 0 radical (unpaired) electrons. The molecule has 5 nitrogen and oxygen atoms in total. The highest BCUT2D eigenvalue weighted by molar-refractivity contribution is 6.05. The average Bonchev–Trinajstić information content (AvgIpc) is 2.72. The van der Waals surface area contributed by atoms with E-state index in [0.717, 1.165) is 19.3 Å². The summed E-state index contributed by atoms with van der Waals surface area (Å²) >= 11 is 0. The van der Waals surface area contributed by atoms with Gasteiger partial charge in [0.1, 0.15) is 0 Å². The largest absolute Gasteiger partial charge is 0.481 e. The van der Waals surface area contributed by atoms with Gasteiger partial charge in [0.2, 0.25) is 11.8 Å². The molecule has 1 heterocycles. The number of likely N-dealkylation sites (tertiary alicyclic amines) is 1. The molecule has 21 heavy (non-hydrogen) atoms. The van der Waals surface area contributed by atoms with Gasteiger partial charge in [0.15, 0.2) is 0 Å². The van der Waals surface area contributed by atoms with Crippen LogP contribution in [-0.4, -0.2) is 34.3 Å². The summed E-state index contributed by atoms with van der Waals surface area (Å²) in [6.45, 7) is 4.17. The number of aliphatic carboxylic acids is 1. The molecule has 0 spiro atoms. The van der Waals surface area contributed by atoms with Crippen molar-refractivity contribution in [2.45, 2.75) is 58.8 Å². The van der Waals surface area contributed by atoms with E-state index in [1.165, 1.54) is 4.90 Å². The van der Waals surface area contributed by atoms with Gasteiger partial charge in [0, 0.05) is 13.0 Å². The molecule has 118 valence electrons. The van der Waals surface area contributed by atoms with E-state index in [9.17, 15) is 19.5 Å². The van der Waals surface area contributed by atoms with Gasteiger partial charge in [-0.15, -0.1) is 0 Å². The lowest BCUT2D eigenvalue weighted by atomic mass is 9.78. The maximum absolute atomic E-state index is 12.6. The number of carboxylic acids is 1. The van der Waals surface area contributed by atoms with Gasteiger partial charge in [-0.2, -0.15) is 0 Å². The van der Waals surface area contributed by atoms with Crippen LogP contribution in [0.1, 0.15) is 58.8 Å². The van der Waals surface area contributed by atoms with Crippen LogP contribution in [0.5, 0.6) is 0 Å². The molecular weight excluding hydrogens is 270 g/mol. The summed E-state index contributed by atoms with van der Waals surface area (Å²) in [5.41, 5.74) is -0.551. The monoisotopic (exact) mass is 295 g/mol. The SMILES string of the molecule is CCC1(CC)CC(=O)N(CC2CCCCC2C(=O)O)C1=O. The van der Waals surface area contributed by atoms with Crippen LogP contribution < -0.4 is 0 Å². The minimum atomic E-state index is -0.795. The van der Waals surface area contributed by atoms with Gasteiger partial charge in [0.05, 0.1) is 11.3 Å². The quantitative estimate of drug-likeness (QED) is 0.790. The number of hydrogen-bond acceptors (Lipinski definition) is 3. The van der Waals surface area contributed by atoms with E-state index in [2.05, 4.69) is 0 Å². The molecule has 1 saturated carbocycles. The predicted molar refractivity (Wildman–Crippen MR) is 77.4 cm³/mol.